The summed E-state index contributed by atoms with van der Waals surface area (Å²) in [6.07, 6.45) is 5.04. The Labute approximate surface area is 102 Å². The van der Waals surface area contributed by atoms with Gasteiger partial charge in [-0.1, -0.05) is 19.8 Å². The number of nitrogens with two attached hydrogens (primary N) is 1. The first-order chi connectivity index (χ1) is 8.18. The molecular formula is C12H22N4O. The van der Waals surface area contributed by atoms with Gasteiger partial charge in [0, 0.05) is 19.1 Å². The van der Waals surface area contributed by atoms with E-state index in [0.717, 1.165) is 19.0 Å². The van der Waals surface area contributed by atoms with Gasteiger partial charge in [-0.2, -0.15) is 4.98 Å². The summed E-state index contributed by atoms with van der Waals surface area (Å²) in [4.78, 5) is 6.68. The summed E-state index contributed by atoms with van der Waals surface area (Å²) in [5.74, 6) is 1.50. The van der Waals surface area contributed by atoms with E-state index in [4.69, 9.17) is 10.3 Å². The fourth-order valence-electron chi connectivity index (χ4n) is 2.04. The van der Waals surface area contributed by atoms with Gasteiger partial charge in [-0.15, -0.1) is 0 Å². The summed E-state index contributed by atoms with van der Waals surface area (Å²) in [5, 5.41) is 4.07. The molecule has 2 N–H and O–H groups in total. The molecule has 96 valence electrons. The third-order valence-corrected chi connectivity index (χ3v) is 3.50. The Kier molecular flexibility index (Phi) is 3.99. The van der Waals surface area contributed by atoms with E-state index in [9.17, 15) is 0 Å². The summed E-state index contributed by atoms with van der Waals surface area (Å²) in [7, 11) is 0. The first kappa shape index (κ1) is 12.4. The Morgan fingerprint density at radius 1 is 1.18 bits per heavy atom. The molecule has 1 fully saturated rings. The quantitative estimate of drug-likeness (QED) is 0.871. The molecule has 0 aromatic carbocycles. The van der Waals surface area contributed by atoms with Crippen LogP contribution in [-0.4, -0.2) is 29.3 Å². The van der Waals surface area contributed by atoms with Crippen LogP contribution in [0.25, 0.3) is 0 Å². The Morgan fingerprint density at radius 2 is 1.82 bits per heavy atom. The molecule has 1 aromatic rings. The molecule has 1 aliphatic rings. The SMILES string of the molecule is CC(N)C(C)c1nc(N2CCCCCC2)no1. The van der Waals surface area contributed by atoms with Gasteiger partial charge in [0.1, 0.15) is 0 Å². The summed E-state index contributed by atoms with van der Waals surface area (Å²) >= 11 is 0. The number of hydrogen-bond acceptors (Lipinski definition) is 5. The minimum atomic E-state index is 0.0347. The van der Waals surface area contributed by atoms with E-state index in [2.05, 4.69) is 15.0 Å². The average molecular weight is 238 g/mol. The molecule has 17 heavy (non-hydrogen) atoms. The van der Waals surface area contributed by atoms with Crippen LogP contribution in [0, 0.1) is 0 Å². The van der Waals surface area contributed by atoms with Crippen molar-refractivity contribution < 1.29 is 4.52 Å². The molecule has 2 unspecified atom stereocenters. The van der Waals surface area contributed by atoms with Crippen molar-refractivity contribution in [3.63, 3.8) is 0 Å². The van der Waals surface area contributed by atoms with E-state index in [1.54, 1.807) is 0 Å². The van der Waals surface area contributed by atoms with E-state index in [1.165, 1.54) is 25.7 Å². The van der Waals surface area contributed by atoms with Gasteiger partial charge in [0.05, 0.1) is 5.92 Å². The lowest BCUT2D eigenvalue weighted by Crippen LogP contribution is -2.25. The highest BCUT2D eigenvalue weighted by Gasteiger charge is 2.21. The highest BCUT2D eigenvalue weighted by atomic mass is 16.5. The van der Waals surface area contributed by atoms with Gasteiger partial charge < -0.3 is 15.2 Å². The summed E-state index contributed by atoms with van der Waals surface area (Å²) < 4.78 is 5.30. The molecule has 5 heteroatoms. The van der Waals surface area contributed by atoms with E-state index in [0.29, 0.717) is 5.89 Å². The minimum absolute atomic E-state index is 0.0347. The van der Waals surface area contributed by atoms with Gasteiger partial charge in [-0.05, 0) is 24.9 Å². The fraction of sp³-hybridized carbons (Fsp3) is 0.833. The van der Waals surface area contributed by atoms with E-state index in [-0.39, 0.29) is 12.0 Å². The summed E-state index contributed by atoms with van der Waals surface area (Å²) in [6.45, 7) is 6.04. The van der Waals surface area contributed by atoms with Crippen LogP contribution in [-0.2, 0) is 0 Å². The molecule has 0 amide bonds. The maximum atomic E-state index is 5.84. The predicted molar refractivity (Wildman–Crippen MR) is 67.0 cm³/mol. The second-order valence-corrected chi connectivity index (χ2v) is 4.98. The molecule has 2 atom stereocenters. The highest BCUT2D eigenvalue weighted by molar-refractivity contribution is 5.28. The van der Waals surface area contributed by atoms with Gasteiger partial charge in [-0.3, -0.25) is 0 Å². The van der Waals surface area contributed by atoms with Crippen LogP contribution in [0.3, 0.4) is 0 Å². The van der Waals surface area contributed by atoms with Gasteiger partial charge in [-0.25, -0.2) is 0 Å². The van der Waals surface area contributed by atoms with Crippen molar-refractivity contribution >= 4 is 5.95 Å². The molecule has 0 saturated carbocycles. The van der Waals surface area contributed by atoms with Gasteiger partial charge in [0.15, 0.2) is 0 Å². The first-order valence-corrected chi connectivity index (χ1v) is 6.52. The zero-order valence-electron chi connectivity index (χ0n) is 10.7. The van der Waals surface area contributed by atoms with Crippen LogP contribution < -0.4 is 10.6 Å². The number of nitrogens with zero attached hydrogens (tertiary/aromatic N) is 3. The number of anilines is 1. The van der Waals surface area contributed by atoms with Crippen LogP contribution in [0.2, 0.25) is 0 Å². The van der Waals surface area contributed by atoms with Gasteiger partial charge in [0.2, 0.25) is 5.89 Å². The molecule has 1 saturated heterocycles. The standard InChI is InChI=1S/C12H22N4O/c1-9(10(2)13)11-14-12(15-17-11)16-7-5-3-4-6-8-16/h9-10H,3-8,13H2,1-2H3. The molecule has 1 aliphatic heterocycles. The van der Waals surface area contributed by atoms with Crippen molar-refractivity contribution in [1.82, 2.24) is 10.1 Å². The van der Waals surface area contributed by atoms with Crippen molar-refractivity contribution in [3.05, 3.63) is 5.89 Å². The smallest absolute Gasteiger partial charge is 0.266 e. The Hall–Kier alpha value is -1.10. The zero-order valence-corrected chi connectivity index (χ0v) is 10.7. The number of hydrogen-bond donors (Lipinski definition) is 1. The Morgan fingerprint density at radius 3 is 2.41 bits per heavy atom. The molecule has 2 heterocycles. The van der Waals surface area contributed by atoms with Crippen molar-refractivity contribution in [1.29, 1.82) is 0 Å². The molecule has 1 aromatic heterocycles. The highest BCUT2D eigenvalue weighted by Crippen LogP contribution is 2.21. The average Bonchev–Trinajstić information content (AvgIpc) is 2.64. The summed E-state index contributed by atoms with van der Waals surface area (Å²) in [6, 6.07) is 0.0347. The topological polar surface area (TPSA) is 68.2 Å². The first-order valence-electron chi connectivity index (χ1n) is 6.52. The normalized spacial score (nSPS) is 21.0. The third kappa shape index (κ3) is 2.97. The lowest BCUT2D eigenvalue weighted by atomic mass is 10.1. The molecular weight excluding hydrogens is 216 g/mol. The Balaban J connectivity index is 2.06. The second-order valence-electron chi connectivity index (χ2n) is 4.98. The molecule has 0 bridgehead atoms. The molecule has 2 rings (SSSR count). The fourth-order valence-corrected chi connectivity index (χ4v) is 2.04. The van der Waals surface area contributed by atoms with Crippen LogP contribution in [0.4, 0.5) is 5.95 Å². The van der Waals surface area contributed by atoms with Crippen molar-refractivity contribution in [2.45, 2.75) is 51.5 Å². The molecule has 0 spiro atoms. The molecule has 0 aliphatic carbocycles. The number of rotatable bonds is 3. The summed E-state index contributed by atoms with van der Waals surface area (Å²) in [5.41, 5.74) is 5.84. The Bertz CT molecular complexity index is 342. The maximum absolute atomic E-state index is 5.84. The monoisotopic (exact) mass is 238 g/mol. The van der Waals surface area contributed by atoms with Crippen molar-refractivity contribution in [3.8, 4) is 0 Å². The van der Waals surface area contributed by atoms with E-state index >= 15 is 0 Å². The van der Waals surface area contributed by atoms with Crippen molar-refractivity contribution in [2.24, 2.45) is 5.73 Å². The van der Waals surface area contributed by atoms with E-state index in [1.807, 2.05) is 13.8 Å². The minimum Gasteiger partial charge on any atom is -0.338 e. The van der Waals surface area contributed by atoms with E-state index < -0.39 is 0 Å². The second kappa shape index (κ2) is 5.49. The third-order valence-electron chi connectivity index (χ3n) is 3.50. The van der Waals surface area contributed by atoms with Gasteiger partial charge >= 0.3 is 0 Å². The molecule has 0 radical (unpaired) electrons. The largest absolute Gasteiger partial charge is 0.338 e. The lowest BCUT2D eigenvalue weighted by molar-refractivity contribution is 0.346. The van der Waals surface area contributed by atoms with Gasteiger partial charge in [0.25, 0.3) is 5.95 Å². The van der Waals surface area contributed by atoms with Crippen LogP contribution in [0.1, 0.15) is 51.3 Å². The predicted octanol–water partition coefficient (Wildman–Crippen LogP) is 1.90. The lowest BCUT2D eigenvalue weighted by Gasteiger charge is -2.16. The molecule has 5 nitrogen and oxygen atoms in total. The number of aromatic nitrogens is 2. The maximum Gasteiger partial charge on any atom is 0.266 e. The van der Waals surface area contributed by atoms with Crippen LogP contribution in [0.15, 0.2) is 4.52 Å². The van der Waals surface area contributed by atoms with Crippen LogP contribution in [0.5, 0.6) is 0 Å². The van der Waals surface area contributed by atoms with Crippen molar-refractivity contribution in [2.75, 3.05) is 18.0 Å². The zero-order chi connectivity index (χ0) is 12.3. The van der Waals surface area contributed by atoms with Crippen LogP contribution >= 0.6 is 0 Å².